The molecule has 1 aliphatic carbocycles. The van der Waals surface area contributed by atoms with Gasteiger partial charge in [0.2, 0.25) is 0 Å². The lowest BCUT2D eigenvalue weighted by Gasteiger charge is -2.22. The van der Waals surface area contributed by atoms with Crippen molar-refractivity contribution >= 4 is 5.91 Å². The Labute approximate surface area is 128 Å². The molecule has 0 aromatic carbocycles. The van der Waals surface area contributed by atoms with Gasteiger partial charge in [0.1, 0.15) is 11.5 Å². The monoisotopic (exact) mass is 301 g/mol. The van der Waals surface area contributed by atoms with Gasteiger partial charge in [-0.15, -0.1) is 0 Å². The number of hydrogen-bond donors (Lipinski definition) is 1. The summed E-state index contributed by atoms with van der Waals surface area (Å²) < 4.78 is 6.76. The van der Waals surface area contributed by atoms with Gasteiger partial charge in [-0.2, -0.15) is 5.10 Å². The van der Waals surface area contributed by atoms with E-state index in [0.717, 1.165) is 37.0 Å². The van der Waals surface area contributed by atoms with Gasteiger partial charge in [-0.1, -0.05) is 6.92 Å². The summed E-state index contributed by atoms with van der Waals surface area (Å²) >= 11 is 0. The lowest BCUT2D eigenvalue weighted by Crippen LogP contribution is -2.33. The summed E-state index contributed by atoms with van der Waals surface area (Å²) in [4.78, 5) is 24.1. The zero-order valence-corrected chi connectivity index (χ0v) is 12.5. The molecule has 0 spiro atoms. The van der Waals surface area contributed by atoms with Crippen LogP contribution in [0.3, 0.4) is 0 Å². The molecule has 6 nitrogen and oxygen atoms in total. The second kappa shape index (κ2) is 6.17. The van der Waals surface area contributed by atoms with Gasteiger partial charge in [-0.25, -0.2) is 4.68 Å². The highest BCUT2D eigenvalue weighted by molar-refractivity contribution is 5.92. The predicted molar refractivity (Wildman–Crippen MR) is 80.6 cm³/mol. The molecule has 0 aliphatic heterocycles. The van der Waals surface area contributed by atoms with Gasteiger partial charge in [0.05, 0.1) is 12.3 Å². The van der Waals surface area contributed by atoms with Crippen LogP contribution in [0.2, 0.25) is 0 Å². The molecule has 0 saturated heterocycles. The molecule has 3 rings (SSSR count). The Hall–Kier alpha value is -2.37. The number of carbonyl (C=O) groups excluding carboxylic acids is 1. The number of hydrogen-bond acceptors (Lipinski definition) is 4. The van der Waals surface area contributed by atoms with Crippen LogP contribution in [0.5, 0.6) is 0 Å². The fourth-order valence-electron chi connectivity index (χ4n) is 2.81. The first-order valence-corrected chi connectivity index (χ1v) is 7.64. The molecule has 116 valence electrons. The first-order chi connectivity index (χ1) is 10.7. The third-order valence-electron chi connectivity index (χ3n) is 3.89. The highest BCUT2D eigenvalue weighted by Gasteiger charge is 2.24. The van der Waals surface area contributed by atoms with Crippen molar-refractivity contribution in [3.63, 3.8) is 0 Å². The van der Waals surface area contributed by atoms with Crippen LogP contribution >= 0.6 is 0 Å². The van der Waals surface area contributed by atoms with Crippen LogP contribution in [0.15, 0.2) is 33.7 Å². The van der Waals surface area contributed by atoms with E-state index in [4.69, 9.17) is 4.42 Å². The number of furan rings is 1. The topological polar surface area (TPSA) is 77.1 Å². The van der Waals surface area contributed by atoms with Crippen LogP contribution < -0.4 is 10.9 Å². The number of fused-ring (bicyclic) bond motifs is 1. The van der Waals surface area contributed by atoms with Crippen LogP contribution in [0.4, 0.5) is 0 Å². The summed E-state index contributed by atoms with van der Waals surface area (Å²) in [5.74, 6) is 0.685. The van der Waals surface area contributed by atoms with E-state index in [9.17, 15) is 9.59 Å². The average molecular weight is 301 g/mol. The number of aromatic nitrogens is 2. The Morgan fingerprint density at radius 1 is 1.45 bits per heavy atom. The lowest BCUT2D eigenvalue weighted by atomic mass is 9.93. The van der Waals surface area contributed by atoms with Gasteiger partial charge in [0.25, 0.3) is 11.5 Å². The average Bonchev–Trinajstić information content (AvgIpc) is 2.99. The molecule has 1 unspecified atom stereocenters. The Morgan fingerprint density at radius 2 is 2.32 bits per heavy atom. The molecule has 1 N–H and O–H groups in total. The Morgan fingerprint density at radius 3 is 3.14 bits per heavy atom. The largest absolute Gasteiger partial charge is 0.469 e. The van der Waals surface area contributed by atoms with E-state index in [2.05, 4.69) is 10.4 Å². The summed E-state index contributed by atoms with van der Waals surface area (Å²) in [6, 6.07) is 4.72. The summed E-state index contributed by atoms with van der Waals surface area (Å²) in [5, 5.41) is 7.13. The van der Waals surface area contributed by atoms with E-state index in [1.165, 1.54) is 16.8 Å². The van der Waals surface area contributed by atoms with E-state index >= 15 is 0 Å². The van der Waals surface area contributed by atoms with E-state index in [1.807, 2.05) is 13.0 Å². The summed E-state index contributed by atoms with van der Waals surface area (Å²) in [6.07, 6.45) is 5.23. The maximum absolute atomic E-state index is 12.4. The minimum absolute atomic E-state index is 0.0525. The van der Waals surface area contributed by atoms with E-state index < -0.39 is 0 Å². The normalized spacial score (nSPS) is 17.0. The highest BCUT2D eigenvalue weighted by Crippen LogP contribution is 2.30. The Bertz CT molecular complexity index is 732. The number of nitrogens with zero attached hydrogens (tertiary/aromatic N) is 2. The van der Waals surface area contributed by atoms with Crippen LogP contribution in [0.1, 0.15) is 54.0 Å². The van der Waals surface area contributed by atoms with E-state index in [1.54, 1.807) is 6.26 Å². The third-order valence-corrected chi connectivity index (χ3v) is 3.89. The smallest absolute Gasteiger partial charge is 0.272 e. The molecular weight excluding hydrogens is 282 g/mol. The molecule has 0 radical (unpaired) electrons. The number of amides is 1. The van der Waals surface area contributed by atoms with Gasteiger partial charge >= 0.3 is 0 Å². The number of aryl methyl sites for hydroxylation is 2. The van der Waals surface area contributed by atoms with Crippen molar-refractivity contribution in [2.45, 2.75) is 45.2 Å². The summed E-state index contributed by atoms with van der Waals surface area (Å²) in [7, 11) is 0. The quantitative estimate of drug-likeness (QED) is 0.937. The summed E-state index contributed by atoms with van der Waals surface area (Å²) in [6.45, 7) is 2.47. The molecule has 0 saturated carbocycles. The number of carbonyl (C=O) groups is 1. The van der Waals surface area contributed by atoms with Crippen molar-refractivity contribution in [2.24, 2.45) is 0 Å². The van der Waals surface area contributed by atoms with Crippen LogP contribution in [-0.4, -0.2) is 15.7 Å². The third kappa shape index (κ3) is 2.81. The molecule has 1 aliphatic rings. The Balaban J connectivity index is 1.78. The molecule has 2 aromatic rings. The van der Waals surface area contributed by atoms with Crippen molar-refractivity contribution in [1.29, 1.82) is 0 Å². The molecule has 2 heterocycles. The molecule has 1 atom stereocenters. The van der Waals surface area contributed by atoms with E-state index in [0.29, 0.717) is 6.54 Å². The number of nitrogens with one attached hydrogen (secondary N) is 1. The second-order valence-corrected chi connectivity index (χ2v) is 5.50. The van der Waals surface area contributed by atoms with Crippen molar-refractivity contribution in [3.8, 4) is 0 Å². The van der Waals surface area contributed by atoms with Crippen molar-refractivity contribution in [1.82, 2.24) is 15.1 Å². The van der Waals surface area contributed by atoms with Gasteiger partial charge < -0.3 is 9.73 Å². The molecule has 2 aromatic heterocycles. The second-order valence-electron chi connectivity index (χ2n) is 5.50. The zero-order valence-electron chi connectivity index (χ0n) is 12.5. The van der Waals surface area contributed by atoms with Gasteiger partial charge in [-0.3, -0.25) is 9.59 Å². The van der Waals surface area contributed by atoms with Gasteiger partial charge in [0.15, 0.2) is 0 Å². The maximum Gasteiger partial charge on any atom is 0.272 e. The first-order valence-electron chi connectivity index (χ1n) is 7.64. The van der Waals surface area contributed by atoms with Gasteiger partial charge in [0, 0.05) is 24.6 Å². The molecular formula is C16H19N3O3. The fraction of sp³-hybridized carbons (Fsp3) is 0.438. The lowest BCUT2D eigenvalue weighted by molar-refractivity contribution is 0.0924. The van der Waals surface area contributed by atoms with Crippen LogP contribution in [-0.2, 0) is 13.0 Å². The molecule has 1 amide bonds. The fourth-order valence-corrected chi connectivity index (χ4v) is 2.81. The standard InChI is InChI=1S/C16H19N3O3/c1-2-9-19-15(20)7-6-13(18-19)16(21)17-12-4-3-5-14-11(12)8-10-22-14/h6-8,10,12H,2-5,9H2,1H3,(H,17,21). The first kappa shape index (κ1) is 14.6. The highest BCUT2D eigenvalue weighted by atomic mass is 16.3. The maximum atomic E-state index is 12.4. The minimum atomic E-state index is -0.260. The molecule has 0 fully saturated rings. The van der Waals surface area contributed by atoms with E-state index in [-0.39, 0.29) is 23.2 Å². The molecule has 6 heteroatoms. The minimum Gasteiger partial charge on any atom is -0.469 e. The Kier molecular flexibility index (Phi) is 4.09. The van der Waals surface area contributed by atoms with Crippen LogP contribution in [0.25, 0.3) is 0 Å². The van der Waals surface area contributed by atoms with Crippen LogP contribution in [0, 0.1) is 0 Å². The van der Waals surface area contributed by atoms with Crippen molar-refractivity contribution < 1.29 is 9.21 Å². The number of rotatable bonds is 4. The zero-order chi connectivity index (χ0) is 15.5. The van der Waals surface area contributed by atoms with Crippen molar-refractivity contribution in [2.75, 3.05) is 0 Å². The summed E-state index contributed by atoms with van der Waals surface area (Å²) in [5.41, 5.74) is 1.12. The van der Waals surface area contributed by atoms with Gasteiger partial charge in [-0.05, 0) is 31.4 Å². The van der Waals surface area contributed by atoms with Crippen molar-refractivity contribution in [3.05, 3.63) is 51.8 Å². The SMILES string of the molecule is CCCn1nc(C(=O)NC2CCCc3occc32)ccc1=O. The predicted octanol–water partition coefficient (Wildman–Crippen LogP) is 2.05. The molecule has 0 bridgehead atoms. The molecule has 22 heavy (non-hydrogen) atoms.